The van der Waals surface area contributed by atoms with E-state index in [0.717, 1.165) is 61.0 Å². The molecule has 2 heterocycles. The number of carbonyl (C=O) groups is 1. The first-order chi connectivity index (χ1) is 15.2. The maximum atomic E-state index is 12.5. The second-order valence-electron chi connectivity index (χ2n) is 8.69. The van der Waals surface area contributed by atoms with Crippen LogP contribution in [-0.2, 0) is 17.6 Å². The van der Waals surface area contributed by atoms with Gasteiger partial charge in [-0.15, -0.1) is 0 Å². The van der Waals surface area contributed by atoms with Gasteiger partial charge in [0.05, 0.1) is 0 Å². The minimum absolute atomic E-state index is 0.0655. The number of furan rings is 1. The van der Waals surface area contributed by atoms with Crippen LogP contribution in [0.5, 0.6) is 17.2 Å². The molecule has 0 saturated heterocycles. The highest BCUT2D eigenvalue weighted by molar-refractivity contribution is 5.92. The highest BCUT2D eigenvalue weighted by Gasteiger charge is 2.44. The molecule has 1 fully saturated rings. The molecule has 160 valence electrons. The predicted octanol–water partition coefficient (Wildman–Crippen LogP) is 5.37. The van der Waals surface area contributed by atoms with Crippen molar-refractivity contribution in [1.82, 2.24) is 0 Å². The molecule has 6 nitrogen and oxygen atoms in total. The van der Waals surface area contributed by atoms with Gasteiger partial charge in [-0.2, -0.15) is 0 Å². The number of nitrogens with one attached hydrogen (secondary N) is 1. The van der Waals surface area contributed by atoms with Crippen LogP contribution in [0.2, 0.25) is 0 Å². The van der Waals surface area contributed by atoms with E-state index >= 15 is 0 Å². The summed E-state index contributed by atoms with van der Waals surface area (Å²) >= 11 is 0. The Balaban J connectivity index is 1.11. The van der Waals surface area contributed by atoms with Gasteiger partial charge in [-0.25, -0.2) is 0 Å². The summed E-state index contributed by atoms with van der Waals surface area (Å²) in [6.07, 6.45) is 8.44. The first kappa shape index (κ1) is 18.6. The minimum Gasteiger partial charge on any atom is -0.484 e. The third-order valence-electron chi connectivity index (χ3n) is 6.48. The third-order valence-corrected chi connectivity index (χ3v) is 6.48. The average molecular weight is 419 g/mol. The molecule has 0 atom stereocenters. The van der Waals surface area contributed by atoms with E-state index < -0.39 is 5.79 Å². The van der Waals surface area contributed by atoms with Gasteiger partial charge in [0.25, 0.3) is 11.7 Å². The van der Waals surface area contributed by atoms with E-state index in [1.54, 1.807) is 0 Å². The van der Waals surface area contributed by atoms with Gasteiger partial charge in [-0.05, 0) is 62.4 Å². The fourth-order valence-corrected chi connectivity index (χ4v) is 4.97. The molecule has 1 spiro atoms. The molecule has 6 heteroatoms. The number of carbonyl (C=O) groups excluding carboxylic acids is 1. The van der Waals surface area contributed by atoms with E-state index in [-0.39, 0.29) is 12.5 Å². The lowest BCUT2D eigenvalue weighted by Crippen LogP contribution is -2.34. The van der Waals surface area contributed by atoms with Crippen molar-refractivity contribution < 1.29 is 23.4 Å². The lowest BCUT2D eigenvalue weighted by atomic mass is 9.96. The van der Waals surface area contributed by atoms with Gasteiger partial charge in [-0.3, -0.25) is 4.79 Å². The van der Waals surface area contributed by atoms with Crippen molar-refractivity contribution in [2.45, 2.75) is 57.2 Å². The molecule has 1 aliphatic heterocycles. The van der Waals surface area contributed by atoms with Crippen molar-refractivity contribution >= 4 is 22.6 Å². The summed E-state index contributed by atoms with van der Waals surface area (Å²) in [6.45, 7) is -0.0655. The zero-order valence-electron chi connectivity index (χ0n) is 17.4. The number of hydrogen-bond acceptors (Lipinski definition) is 5. The van der Waals surface area contributed by atoms with Crippen molar-refractivity contribution in [3.63, 3.8) is 0 Å². The van der Waals surface area contributed by atoms with Gasteiger partial charge in [0, 0.05) is 42.0 Å². The van der Waals surface area contributed by atoms with Crippen LogP contribution in [0, 0.1) is 0 Å². The van der Waals surface area contributed by atoms with Gasteiger partial charge in [0.15, 0.2) is 18.1 Å². The molecule has 3 aliphatic rings. The van der Waals surface area contributed by atoms with Crippen molar-refractivity contribution in [2.75, 3.05) is 11.9 Å². The van der Waals surface area contributed by atoms with Crippen molar-refractivity contribution in [2.24, 2.45) is 0 Å². The number of amides is 1. The normalized spacial score (nSPS) is 18.3. The lowest BCUT2D eigenvalue weighted by molar-refractivity contribution is -0.118. The molecular weight excluding hydrogens is 394 g/mol. The third kappa shape index (κ3) is 3.40. The molecule has 6 rings (SSSR count). The van der Waals surface area contributed by atoms with E-state index in [0.29, 0.717) is 17.2 Å². The van der Waals surface area contributed by atoms with Crippen LogP contribution < -0.4 is 19.5 Å². The topological polar surface area (TPSA) is 69.9 Å². The Hall–Kier alpha value is -3.15. The summed E-state index contributed by atoms with van der Waals surface area (Å²) in [5.74, 6) is 2.48. The van der Waals surface area contributed by atoms with E-state index in [9.17, 15) is 4.79 Å². The second kappa shape index (κ2) is 7.22. The number of fused-ring (bicyclic) bond motifs is 4. The van der Waals surface area contributed by atoms with Gasteiger partial charge < -0.3 is 23.9 Å². The quantitative estimate of drug-likeness (QED) is 0.616. The highest BCUT2D eigenvalue weighted by atomic mass is 16.7. The number of anilines is 1. The smallest absolute Gasteiger partial charge is 0.262 e. The van der Waals surface area contributed by atoms with Crippen LogP contribution in [0.15, 0.2) is 40.8 Å². The van der Waals surface area contributed by atoms with Crippen LogP contribution in [-0.4, -0.2) is 18.3 Å². The predicted molar refractivity (Wildman–Crippen MR) is 116 cm³/mol. The van der Waals surface area contributed by atoms with Crippen LogP contribution in [0.3, 0.4) is 0 Å². The molecule has 0 unspecified atom stereocenters. The molecule has 0 bridgehead atoms. The number of aryl methyl sites for hydroxylation is 2. The summed E-state index contributed by atoms with van der Waals surface area (Å²) < 4.78 is 23.8. The second-order valence-corrected chi connectivity index (χ2v) is 8.69. The fourth-order valence-electron chi connectivity index (χ4n) is 4.97. The van der Waals surface area contributed by atoms with E-state index in [2.05, 4.69) is 5.32 Å². The molecule has 1 N–H and O–H groups in total. The molecule has 2 aliphatic carbocycles. The molecule has 1 aromatic heterocycles. The maximum Gasteiger partial charge on any atom is 0.262 e. The van der Waals surface area contributed by atoms with E-state index in [1.165, 1.54) is 18.4 Å². The zero-order chi connectivity index (χ0) is 20.8. The number of rotatable bonds is 4. The molecule has 3 aromatic rings. The van der Waals surface area contributed by atoms with Crippen LogP contribution >= 0.6 is 0 Å². The summed E-state index contributed by atoms with van der Waals surface area (Å²) in [4.78, 5) is 12.5. The Kier molecular flexibility index (Phi) is 4.33. The van der Waals surface area contributed by atoms with Crippen molar-refractivity contribution in [3.05, 3.63) is 47.7 Å². The van der Waals surface area contributed by atoms with Crippen LogP contribution in [0.4, 0.5) is 5.69 Å². The lowest BCUT2D eigenvalue weighted by Gasteiger charge is -2.21. The van der Waals surface area contributed by atoms with Crippen molar-refractivity contribution in [3.8, 4) is 17.2 Å². The molecule has 31 heavy (non-hydrogen) atoms. The molecule has 0 radical (unpaired) electrons. The van der Waals surface area contributed by atoms with Gasteiger partial charge in [0.1, 0.15) is 17.1 Å². The maximum absolute atomic E-state index is 12.5. The Morgan fingerprint density at radius 1 is 0.968 bits per heavy atom. The Morgan fingerprint density at radius 3 is 2.71 bits per heavy atom. The van der Waals surface area contributed by atoms with Gasteiger partial charge >= 0.3 is 0 Å². The molecular formula is C25H25NO5. The number of benzene rings is 2. The number of ether oxygens (including phenoxy) is 3. The van der Waals surface area contributed by atoms with E-state index in [4.69, 9.17) is 18.6 Å². The molecule has 2 aromatic carbocycles. The first-order valence-corrected chi connectivity index (χ1v) is 11.2. The summed E-state index contributed by atoms with van der Waals surface area (Å²) in [7, 11) is 0. The highest BCUT2D eigenvalue weighted by Crippen LogP contribution is 2.47. The standard InChI is InChI=1S/C25H25NO5/c27-24(26-16-7-9-22-23(13-16)31-25(30-22)11-3-4-12-25)15-28-17-8-10-21-19(14-17)18-5-1-2-6-20(18)29-21/h7-10,13-14H,1-6,11-12,15H2,(H,26,27). The summed E-state index contributed by atoms with van der Waals surface area (Å²) in [5, 5.41) is 3.99. The minimum atomic E-state index is -0.501. The van der Waals surface area contributed by atoms with Gasteiger partial charge in [0.2, 0.25) is 0 Å². The van der Waals surface area contributed by atoms with Crippen LogP contribution in [0.1, 0.15) is 49.8 Å². The Morgan fingerprint density at radius 2 is 1.81 bits per heavy atom. The molecule has 1 amide bonds. The summed E-state index contributed by atoms with van der Waals surface area (Å²) in [6, 6.07) is 11.3. The Labute approximate surface area is 180 Å². The SMILES string of the molecule is O=C(COc1ccc2oc3c(c2c1)CCCC3)Nc1ccc2c(c1)OC1(CCCC1)O2. The first-order valence-electron chi connectivity index (χ1n) is 11.2. The largest absolute Gasteiger partial charge is 0.484 e. The van der Waals surface area contributed by atoms with Crippen LogP contribution in [0.25, 0.3) is 11.0 Å². The zero-order valence-corrected chi connectivity index (χ0v) is 17.4. The average Bonchev–Trinajstić information content (AvgIpc) is 3.48. The number of hydrogen-bond donors (Lipinski definition) is 1. The van der Waals surface area contributed by atoms with Crippen molar-refractivity contribution in [1.29, 1.82) is 0 Å². The summed E-state index contributed by atoms with van der Waals surface area (Å²) in [5.41, 5.74) is 2.85. The Bertz CT molecular complexity index is 1160. The van der Waals surface area contributed by atoms with Gasteiger partial charge in [-0.1, -0.05) is 0 Å². The monoisotopic (exact) mass is 419 g/mol. The van der Waals surface area contributed by atoms with E-state index in [1.807, 2.05) is 36.4 Å². The fraction of sp³-hybridized carbons (Fsp3) is 0.400. The molecule has 1 saturated carbocycles.